The van der Waals surface area contributed by atoms with Crippen molar-refractivity contribution in [2.45, 2.75) is 26.8 Å². The smallest absolute Gasteiger partial charge is 0.258 e. The quantitative estimate of drug-likeness (QED) is 0.759. The average Bonchev–Trinajstić information content (AvgIpc) is 2.43. The predicted molar refractivity (Wildman–Crippen MR) is 77.0 cm³/mol. The molecule has 0 heterocycles. The maximum absolute atomic E-state index is 11.8. The molecule has 0 bridgehead atoms. The number of amides is 1. The van der Waals surface area contributed by atoms with Gasteiger partial charge in [0.2, 0.25) is 0 Å². The normalized spacial score (nSPS) is 12.1. The number of carbonyl (C=O) groups is 1. The molecule has 0 aromatic heterocycles. The van der Waals surface area contributed by atoms with Crippen LogP contribution in [0.3, 0.4) is 0 Å². The first-order valence-electron chi connectivity index (χ1n) is 6.83. The maximum Gasteiger partial charge on any atom is 0.258 e. The van der Waals surface area contributed by atoms with E-state index >= 15 is 0 Å². The Labute approximate surface area is 119 Å². The molecule has 0 saturated heterocycles. The third kappa shape index (κ3) is 5.09. The largest absolute Gasteiger partial charge is 0.490 e. The first-order valence-corrected chi connectivity index (χ1v) is 6.83. The summed E-state index contributed by atoms with van der Waals surface area (Å²) in [5.41, 5.74) is 0. The van der Waals surface area contributed by atoms with Crippen molar-refractivity contribution in [3.63, 3.8) is 0 Å². The van der Waals surface area contributed by atoms with Crippen LogP contribution in [0, 0.1) is 5.92 Å². The highest BCUT2D eigenvalue weighted by molar-refractivity contribution is 5.78. The number of hydrogen-bond acceptors (Lipinski definition) is 4. The van der Waals surface area contributed by atoms with E-state index in [1.807, 2.05) is 32.9 Å². The Morgan fingerprint density at radius 3 is 2.35 bits per heavy atom. The van der Waals surface area contributed by atoms with E-state index in [-0.39, 0.29) is 31.1 Å². The summed E-state index contributed by atoms with van der Waals surface area (Å²) in [6, 6.07) is 6.96. The van der Waals surface area contributed by atoms with Gasteiger partial charge in [0.05, 0.1) is 19.3 Å². The first kappa shape index (κ1) is 16.3. The number of aliphatic hydroxyl groups excluding tert-OH is 1. The maximum atomic E-state index is 11.8. The molecule has 0 saturated carbocycles. The van der Waals surface area contributed by atoms with Crippen LogP contribution in [-0.4, -0.2) is 36.9 Å². The Morgan fingerprint density at radius 1 is 1.25 bits per heavy atom. The number of nitrogens with one attached hydrogen (secondary N) is 1. The molecular formula is C15H23NO4. The lowest BCUT2D eigenvalue weighted by Crippen LogP contribution is -2.43. The molecule has 0 aliphatic rings. The minimum atomic E-state index is -0.260. The summed E-state index contributed by atoms with van der Waals surface area (Å²) in [5.74, 6) is 1.06. The Kier molecular flexibility index (Phi) is 6.87. The molecule has 0 radical (unpaired) electrons. The van der Waals surface area contributed by atoms with Crippen LogP contribution in [0.5, 0.6) is 11.5 Å². The molecular weight excluding hydrogens is 258 g/mol. The minimum Gasteiger partial charge on any atom is -0.490 e. The zero-order valence-electron chi connectivity index (χ0n) is 12.3. The van der Waals surface area contributed by atoms with Gasteiger partial charge < -0.3 is 19.9 Å². The molecule has 2 N–H and O–H groups in total. The Bertz CT molecular complexity index is 420. The lowest BCUT2D eigenvalue weighted by molar-refractivity contribution is -0.124. The van der Waals surface area contributed by atoms with Crippen molar-refractivity contribution in [3.05, 3.63) is 24.3 Å². The number of carbonyl (C=O) groups excluding carboxylic acids is 1. The fraction of sp³-hybridized carbons (Fsp3) is 0.533. The van der Waals surface area contributed by atoms with Crippen molar-refractivity contribution in [1.82, 2.24) is 5.32 Å². The van der Waals surface area contributed by atoms with E-state index in [2.05, 4.69) is 5.32 Å². The highest BCUT2D eigenvalue weighted by atomic mass is 16.5. The Morgan fingerprint density at radius 2 is 1.85 bits per heavy atom. The summed E-state index contributed by atoms with van der Waals surface area (Å²) in [6.45, 7) is 6.11. The summed E-state index contributed by atoms with van der Waals surface area (Å²) in [7, 11) is 0. The molecule has 1 atom stereocenters. The van der Waals surface area contributed by atoms with Crippen LogP contribution in [0.1, 0.15) is 20.8 Å². The van der Waals surface area contributed by atoms with Gasteiger partial charge in [0.15, 0.2) is 18.1 Å². The number of hydrogen-bond donors (Lipinski definition) is 2. The van der Waals surface area contributed by atoms with Gasteiger partial charge in [-0.2, -0.15) is 0 Å². The highest BCUT2D eigenvalue weighted by Crippen LogP contribution is 2.26. The van der Waals surface area contributed by atoms with Crippen LogP contribution in [0.25, 0.3) is 0 Å². The molecule has 1 aromatic rings. The van der Waals surface area contributed by atoms with Gasteiger partial charge >= 0.3 is 0 Å². The second-order valence-corrected chi connectivity index (χ2v) is 4.77. The molecule has 20 heavy (non-hydrogen) atoms. The molecule has 5 heteroatoms. The fourth-order valence-electron chi connectivity index (χ4n) is 1.66. The molecule has 5 nitrogen and oxygen atoms in total. The standard InChI is InChI=1S/C15H23NO4/c1-4-19-13-7-5-6-8-14(13)20-10-15(18)16-12(9-17)11(2)3/h5-8,11-12,17H,4,9-10H2,1-3H3,(H,16,18). The molecule has 0 aliphatic carbocycles. The Hall–Kier alpha value is -1.75. The van der Waals surface area contributed by atoms with Crippen LogP contribution >= 0.6 is 0 Å². The summed E-state index contributed by atoms with van der Waals surface area (Å²) in [5, 5.41) is 11.9. The molecule has 112 valence electrons. The number of aliphatic hydroxyl groups is 1. The molecule has 0 aliphatic heterocycles. The average molecular weight is 281 g/mol. The van der Waals surface area contributed by atoms with E-state index in [0.717, 1.165) is 0 Å². The van der Waals surface area contributed by atoms with Gasteiger partial charge in [-0.1, -0.05) is 26.0 Å². The molecule has 1 amide bonds. The van der Waals surface area contributed by atoms with E-state index in [1.165, 1.54) is 0 Å². The molecule has 1 rings (SSSR count). The number of ether oxygens (including phenoxy) is 2. The lowest BCUT2D eigenvalue weighted by Gasteiger charge is -2.20. The third-order valence-electron chi connectivity index (χ3n) is 2.86. The number of para-hydroxylation sites is 2. The fourth-order valence-corrected chi connectivity index (χ4v) is 1.66. The Balaban J connectivity index is 2.52. The van der Waals surface area contributed by atoms with Crippen LogP contribution in [0.15, 0.2) is 24.3 Å². The van der Waals surface area contributed by atoms with Crippen molar-refractivity contribution in [2.75, 3.05) is 19.8 Å². The van der Waals surface area contributed by atoms with Crippen LogP contribution in [0.2, 0.25) is 0 Å². The highest BCUT2D eigenvalue weighted by Gasteiger charge is 2.15. The SMILES string of the molecule is CCOc1ccccc1OCC(=O)NC(CO)C(C)C. The summed E-state index contributed by atoms with van der Waals surface area (Å²) in [4.78, 5) is 11.8. The second-order valence-electron chi connectivity index (χ2n) is 4.77. The van der Waals surface area contributed by atoms with Gasteiger partial charge in [0, 0.05) is 0 Å². The third-order valence-corrected chi connectivity index (χ3v) is 2.86. The first-order chi connectivity index (χ1) is 9.58. The van der Waals surface area contributed by atoms with Crippen molar-refractivity contribution in [3.8, 4) is 11.5 Å². The molecule has 0 fully saturated rings. The molecule has 0 spiro atoms. The zero-order valence-corrected chi connectivity index (χ0v) is 12.3. The zero-order chi connectivity index (χ0) is 15.0. The summed E-state index contributed by atoms with van der Waals surface area (Å²) >= 11 is 0. The van der Waals surface area contributed by atoms with Crippen molar-refractivity contribution in [2.24, 2.45) is 5.92 Å². The van der Waals surface area contributed by atoms with Gasteiger partial charge in [-0.05, 0) is 25.0 Å². The molecule has 1 unspecified atom stereocenters. The van der Waals surface area contributed by atoms with E-state index in [9.17, 15) is 4.79 Å². The van der Waals surface area contributed by atoms with E-state index < -0.39 is 0 Å². The minimum absolute atomic E-state index is 0.0844. The van der Waals surface area contributed by atoms with Gasteiger partial charge in [-0.25, -0.2) is 0 Å². The summed E-state index contributed by atoms with van der Waals surface area (Å²) < 4.78 is 10.9. The topological polar surface area (TPSA) is 67.8 Å². The van der Waals surface area contributed by atoms with Crippen molar-refractivity contribution >= 4 is 5.91 Å². The van der Waals surface area contributed by atoms with Gasteiger partial charge in [-0.3, -0.25) is 4.79 Å². The van der Waals surface area contributed by atoms with Gasteiger partial charge in [-0.15, -0.1) is 0 Å². The van der Waals surface area contributed by atoms with Crippen molar-refractivity contribution < 1.29 is 19.4 Å². The predicted octanol–water partition coefficient (Wildman–Crippen LogP) is 1.60. The van der Waals surface area contributed by atoms with E-state index in [1.54, 1.807) is 12.1 Å². The van der Waals surface area contributed by atoms with Gasteiger partial charge in [0.25, 0.3) is 5.91 Å². The number of benzene rings is 1. The molecule has 1 aromatic carbocycles. The van der Waals surface area contributed by atoms with Crippen molar-refractivity contribution in [1.29, 1.82) is 0 Å². The number of rotatable bonds is 8. The van der Waals surface area contributed by atoms with Crippen LogP contribution in [-0.2, 0) is 4.79 Å². The monoisotopic (exact) mass is 281 g/mol. The van der Waals surface area contributed by atoms with Gasteiger partial charge in [0.1, 0.15) is 0 Å². The van der Waals surface area contributed by atoms with E-state index in [0.29, 0.717) is 18.1 Å². The summed E-state index contributed by atoms with van der Waals surface area (Å²) in [6.07, 6.45) is 0. The van der Waals surface area contributed by atoms with Crippen LogP contribution < -0.4 is 14.8 Å². The lowest BCUT2D eigenvalue weighted by atomic mass is 10.1. The van der Waals surface area contributed by atoms with E-state index in [4.69, 9.17) is 14.6 Å². The van der Waals surface area contributed by atoms with Crippen LogP contribution in [0.4, 0.5) is 0 Å². The second kappa shape index (κ2) is 8.43.